The first kappa shape index (κ1) is 43.6. The molecule has 1 aliphatic heterocycles. The normalized spacial score (nSPS) is 14.5. The van der Waals surface area contributed by atoms with Gasteiger partial charge in [0.15, 0.2) is 27.7 Å². The largest absolute Gasteiger partial charge is 0.336 e. The minimum atomic E-state index is -3.50. The van der Waals surface area contributed by atoms with E-state index in [1.54, 1.807) is 25.1 Å². The maximum absolute atomic E-state index is 14.0. The third-order valence-corrected chi connectivity index (χ3v) is 10.9. The Hall–Kier alpha value is -5.17. The zero-order valence-corrected chi connectivity index (χ0v) is 33.0. The Bertz CT molecular complexity index is 2400. The van der Waals surface area contributed by atoms with Gasteiger partial charge < -0.3 is 16.4 Å². The number of Topliss-reactive ketones (excluding diaryl/α,β-unsaturated/α-hetero) is 5. The fourth-order valence-electron chi connectivity index (χ4n) is 5.46. The zero-order valence-electron chi connectivity index (χ0n) is 29.2. The molecule has 292 valence electrons. The number of hydrazone groups is 1. The Morgan fingerprint density at radius 3 is 2.09 bits per heavy atom. The number of carbonyl (C=O) groups is 8. The van der Waals surface area contributed by atoms with E-state index in [0.717, 1.165) is 17.3 Å². The topological polar surface area (TPSA) is 249 Å². The summed E-state index contributed by atoms with van der Waals surface area (Å²) in [4.78, 5) is 101. The molecule has 0 radical (unpaired) electrons. The lowest BCUT2D eigenvalue weighted by molar-refractivity contribution is -0.152. The summed E-state index contributed by atoms with van der Waals surface area (Å²) in [5.74, 6) is -13.5. The van der Waals surface area contributed by atoms with Gasteiger partial charge in [-0.15, -0.1) is 5.10 Å². The number of nitrogens with one attached hydrogen (secondary N) is 2. The van der Waals surface area contributed by atoms with Crippen LogP contribution in [0.1, 0.15) is 30.4 Å². The highest BCUT2D eigenvalue weighted by Gasteiger charge is 2.38. The summed E-state index contributed by atoms with van der Waals surface area (Å²) in [5.41, 5.74) is 6.74. The van der Waals surface area contributed by atoms with Crippen LogP contribution in [0.5, 0.6) is 0 Å². The number of aldehydes is 1. The number of nitrogens with zero attached hydrogens (tertiary/aromatic N) is 3. The summed E-state index contributed by atoms with van der Waals surface area (Å²) in [5, 5.41) is 9.28. The van der Waals surface area contributed by atoms with Crippen LogP contribution in [0.4, 0.5) is 22.7 Å². The molecule has 0 aliphatic carbocycles. The van der Waals surface area contributed by atoms with Crippen molar-refractivity contribution in [3.05, 3.63) is 79.7 Å². The molecule has 4 rings (SSSR count). The lowest BCUT2D eigenvalue weighted by Gasteiger charge is -2.24. The molecule has 0 saturated heterocycles. The highest BCUT2D eigenvalue weighted by Crippen LogP contribution is 2.39. The Morgan fingerprint density at radius 2 is 1.54 bits per heavy atom. The number of amides is 2. The summed E-state index contributed by atoms with van der Waals surface area (Å²) in [7, 11) is -3.50. The maximum Gasteiger partial charge on any atom is 0.301 e. The fourth-order valence-corrected chi connectivity index (χ4v) is 7.90. The first-order valence-corrected chi connectivity index (χ1v) is 19.4. The molecular formula is C35H28Cl4N6O10S. The van der Waals surface area contributed by atoms with Crippen molar-refractivity contribution in [2.24, 2.45) is 15.8 Å². The number of carbonyl (C=O) groups excluding carboxylic acids is 8. The highest BCUT2D eigenvalue weighted by molar-refractivity contribution is 7.91. The molecule has 0 aromatic heterocycles. The molecule has 3 aromatic rings. The number of ketones is 5. The van der Waals surface area contributed by atoms with Gasteiger partial charge in [0, 0.05) is 29.4 Å². The summed E-state index contributed by atoms with van der Waals surface area (Å²) in [6, 6.07) is 11.2. The van der Waals surface area contributed by atoms with Crippen LogP contribution in [0.15, 0.2) is 58.6 Å². The van der Waals surface area contributed by atoms with Gasteiger partial charge in [0.25, 0.3) is 34.8 Å². The van der Waals surface area contributed by atoms with Crippen LogP contribution in [-0.4, -0.2) is 85.0 Å². The molecule has 4 N–H and O–H groups in total. The number of halogens is 4. The lowest BCUT2D eigenvalue weighted by Crippen LogP contribution is -2.40. The maximum atomic E-state index is 14.0. The number of amidine groups is 1. The number of aryl methyl sites for hydroxylation is 1. The number of benzene rings is 3. The Labute approximate surface area is 338 Å². The Balaban J connectivity index is 1.74. The number of hydrogen-bond donors (Lipinski definition) is 3. The number of nitrogens with two attached hydrogens (primary N) is 1. The van der Waals surface area contributed by atoms with Gasteiger partial charge in [0.05, 0.1) is 31.7 Å². The first-order valence-electron chi connectivity index (χ1n) is 15.9. The first-order chi connectivity index (χ1) is 26.2. The average Bonchev–Trinajstić information content (AvgIpc) is 3.42. The third-order valence-electron chi connectivity index (χ3n) is 8.20. The van der Waals surface area contributed by atoms with Gasteiger partial charge in [-0.2, -0.15) is 5.01 Å². The van der Waals surface area contributed by atoms with Crippen LogP contribution >= 0.6 is 46.4 Å². The van der Waals surface area contributed by atoms with Crippen LogP contribution < -0.4 is 21.4 Å². The minimum Gasteiger partial charge on any atom is -0.336 e. The summed E-state index contributed by atoms with van der Waals surface area (Å²) in [6.45, 7) is 3.43. The van der Waals surface area contributed by atoms with Crippen LogP contribution in [0.2, 0.25) is 20.1 Å². The van der Waals surface area contributed by atoms with E-state index in [9.17, 15) is 46.8 Å². The molecule has 21 heteroatoms. The van der Waals surface area contributed by atoms with E-state index < -0.39 is 68.0 Å². The number of sulfone groups is 1. The molecule has 3 aromatic carbocycles. The smallest absolute Gasteiger partial charge is 0.301 e. The Morgan fingerprint density at radius 1 is 0.911 bits per heavy atom. The second-order valence-electron chi connectivity index (χ2n) is 12.0. The van der Waals surface area contributed by atoms with Crippen LogP contribution in [-0.2, 0) is 48.2 Å². The van der Waals surface area contributed by atoms with Crippen molar-refractivity contribution < 1.29 is 46.8 Å². The second kappa shape index (κ2) is 17.7. The molecule has 2 atom stereocenters. The molecule has 0 fully saturated rings. The van der Waals surface area contributed by atoms with Gasteiger partial charge >= 0.3 is 5.91 Å². The van der Waals surface area contributed by atoms with Gasteiger partial charge in [-0.1, -0.05) is 65.5 Å². The van der Waals surface area contributed by atoms with Crippen molar-refractivity contribution >= 4 is 138 Å². The molecule has 16 nitrogen and oxygen atoms in total. The van der Waals surface area contributed by atoms with Gasteiger partial charge in [-0.25, -0.2) is 13.4 Å². The molecule has 0 saturated carbocycles. The van der Waals surface area contributed by atoms with Crippen LogP contribution in [0, 0.1) is 6.92 Å². The predicted octanol–water partition coefficient (Wildman–Crippen LogP) is 4.00. The highest BCUT2D eigenvalue weighted by atomic mass is 35.5. The van der Waals surface area contributed by atoms with Crippen molar-refractivity contribution in [3.63, 3.8) is 0 Å². The van der Waals surface area contributed by atoms with Crippen molar-refractivity contribution in [1.29, 1.82) is 0 Å². The van der Waals surface area contributed by atoms with E-state index >= 15 is 0 Å². The van der Waals surface area contributed by atoms with Crippen molar-refractivity contribution in [3.8, 4) is 0 Å². The monoisotopic (exact) mass is 864 g/mol. The van der Waals surface area contributed by atoms with E-state index in [-0.39, 0.29) is 60.9 Å². The molecule has 2 unspecified atom stereocenters. The van der Waals surface area contributed by atoms with E-state index in [4.69, 9.17) is 52.1 Å². The van der Waals surface area contributed by atoms with E-state index in [0.29, 0.717) is 17.5 Å². The third kappa shape index (κ3) is 9.43. The molecule has 1 heterocycles. The number of rotatable bonds is 15. The standard InChI is InChI=1S/C35H28Cl4N6O10S/c1-4-19(26(13-40)56(3,54)55)16-5-8-23(15(2)9-16)42-27-33(44-45(35(27)53)28-21(38)10-17(36)11-22(28)39)43-24-12-18(6-7-20(24)37)41-34(52)32(51)31(50)30(49)29(48)25(47)14-46/h5-12,14,19,26H,4,13,40H2,1-3H3,(H,41,52)(H,43,44). The quantitative estimate of drug-likeness (QED) is 0.111. The van der Waals surface area contributed by atoms with E-state index in [1.807, 2.05) is 12.2 Å². The van der Waals surface area contributed by atoms with Gasteiger partial charge in [0.2, 0.25) is 0 Å². The minimum absolute atomic E-state index is 0.0273. The van der Waals surface area contributed by atoms with Gasteiger partial charge in [0.1, 0.15) is 5.69 Å². The lowest BCUT2D eigenvalue weighted by atomic mass is 9.91. The number of aliphatic imine (C=N–C) groups is 1. The van der Waals surface area contributed by atoms with Crippen molar-refractivity contribution in [2.45, 2.75) is 31.4 Å². The summed E-state index contributed by atoms with van der Waals surface area (Å²) >= 11 is 25.4. The molecule has 2 amide bonds. The van der Waals surface area contributed by atoms with Gasteiger partial charge in [-0.05, 0) is 60.9 Å². The number of anilines is 3. The van der Waals surface area contributed by atoms with Crippen molar-refractivity contribution in [1.82, 2.24) is 0 Å². The molecule has 1 aliphatic rings. The van der Waals surface area contributed by atoms with Crippen LogP contribution in [0.25, 0.3) is 0 Å². The molecule has 0 bridgehead atoms. The van der Waals surface area contributed by atoms with Gasteiger partial charge in [-0.3, -0.25) is 38.4 Å². The predicted molar refractivity (Wildman–Crippen MR) is 210 cm³/mol. The zero-order chi connectivity index (χ0) is 41.8. The molecule has 0 spiro atoms. The van der Waals surface area contributed by atoms with E-state index in [2.05, 4.69) is 15.4 Å². The second-order valence-corrected chi connectivity index (χ2v) is 15.9. The SMILES string of the molecule is CCC(c1ccc(N=C2C(=O)N(c3c(Cl)cc(Cl)cc3Cl)N=C2Nc2cc(NC(=O)C(=O)C(=O)C(=O)C(=O)C(=O)C=O)ccc2Cl)c(C)c1)C(CN)S(C)(=O)=O. The number of hydrogen-bond acceptors (Lipinski definition) is 14. The summed E-state index contributed by atoms with van der Waals surface area (Å²) < 4.78 is 25.0. The summed E-state index contributed by atoms with van der Waals surface area (Å²) in [6.07, 6.45) is 1.05. The van der Waals surface area contributed by atoms with E-state index in [1.165, 1.54) is 24.3 Å². The fraction of sp³-hybridized carbons (Fsp3) is 0.200. The Kier molecular flexibility index (Phi) is 13.8. The van der Waals surface area contributed by atoms with Crippen molar-refractivity contribution in [2.75, 3.05) is 28.4 Å². The molecule has 56 heavy (non-hydrogen) atoms. The molecular weight excluding hydrogens is 838 g/mol. The average molecular weight is 867 g/mol. The van der Waals surface area contributed by atoms with Crippen LogP contribution in [0.3, 0.4) is 0 Å².